The van der Waals surface area contributed by atoms with Gasteiger partial charge in [0.25, 0.3) is 0 Å². The topological polar surface area (TPSA) is 70.6 Å². The maximum atomic E-state index is 11.5. The lowest BCUT2D eigenvalue weighted by Crippen LogP contribution is -2.39. The number of amides is 2. The van der Waals surface area contributed by atoms with Crippen molar-refractivity contribution in [2.45, 2.75) is 37.9 Å². The molecular weight excluding hydrogens is 288 g/mol. The normalized spacial score (nSPS) is 17.4. The minimum absolute atomic E-state index is 0.117. The summed E-state index contributed by atoms with van der Waals surface area (Å²) in [6.07, 6.45) is 3.62. The van der Waals surface area contributed by atoms with Crippen molar-refractivity contribution >= 4 is 29.0 Å². The quantitative estimate of drug-likeness (QED) is 0.732. The molecule has 1 aromatic heterocycles. The van der Waals surface area contributed by atoms with Gasteiger partial charge in [-0.3, -0.25) is 4.84 Å². The van der Waals surface area contributed by atoms with Crippen LogP contribution in [0.4, 0.5) is 4.79 Å². The van der Waals surface area contributed by atoms with Gasteiger partial charge in [-0.25, -0.2) is 10.3 Å². The smallest absolute Gasteiger partial charge is 0.338 e. The minimum atomic E-state index is -0.755. The van der Waals surface area contributed by atoms with Gasteiger partial charge in [-0.1, -0.05) is 24.4 Å². The summed E-state index contributed by atoms with van der Waals surface area (Å²) < 4.78 is 0.614. The Morgan fingerprint density at radius 3 is 2.89 bits per heavy atom. The van der Waals surface area contributed by atoms with Gasteiger partial charge in [0, 0.05) is 4.88 Å². The molecule has 0 spiro atoms. The predicted molar refractivity (Wildman–Crippen MR) is 74.2 cm³/mol. The van der Waals surface area contributed by atoms with E-state index in [2.05, 4.69) is 10.8 Å². The van der Waals surface area contributed by atoms with Crippen LogP contribution in [0.5, 0.6) is 0 Å². The third-order valence-electron chi connectivity index (χ3n) is 3.00. The van der Waals surface area contributed by atoms with Crippen LogP contribution >= 0.6 is 22.9 Å². The first-order valence-electron chi connectivity index (χ1n) is 6.28. The van der Waals surface area contributed by atoms with Crippen LogP contribution in [-0.4, -0.2) is 23.8 Å². The van der Waals surface area contributed by atoms with E-state index >= 15 is 0 Å². The lowest BCUT2D eigenvalue weighted by molar-refractivity contribution is -0.000397. The monoisotopic (exact) mass is 304 g/mol. The number of halogens is 1. The summed E-state index contributed by atoms with van der Waals surface area (Å²) in [5.74, 6) is 0. The van der Waals surface area contributed by atoms with Gasteiger partial charge in [0.15, 0.2) is 0 Å². The van der Waals surface area contributed by atoms with Crippen LogP contribution in [-0.2, 0) is 4.84 Å². The zero-order valence-corrected chi connectivity index (χ0v) is 12.0. The maximum absolute atomic E-state index is 11.5. The van der Waals surface area contributed by atoms with Crippen molar-refractivity contribution < 1.29 is 14.7 Å². The van der Waals surface area contributed by atoms with Gasteiger partial charge in [0.2, 0.25) is 0 Å². The number of aliphatic hydroxyl groups excluding tert-OH is 1. The highest BCUT2D eigenvalue weighted by molar-refractivity contribution is 7.16. The molecule has 5 nitrogen and oxygen atoms in total. The van der Waals surface area contributed by atoms with Crippen molar-refractivity contribution in [2.75, 3.05) is 6.54 Å². The van der Waals surface area contributed by atoms with Gasteiger partial charge < -0.3 is 10.4 Å². The number of hydrogen-bond donors (Lipinski definition) is 3. The zero-order chi connectivity index (χ0) is 13.7. The summed E-state index contributed by atoms with van der Waals surface area (Å²) in [7, 11) is 0. The Balaban J connectivity index is 1.65. The van der Waals surface area contributed by atoms with Crippen molar-refractivity contribution in [3.05, 3.63) is 21.3 Å². The molecule has 3 N–H and O–H groups in total. The van der Waals surface area contributed by atoms with Crippen molar-refractivity contribution in [3.8, 4) is 0 Å². The van der Waals surface area contributed by atoms with Crippen molar-refractivity contribution in [2.24, 2.45) is 0 Å². The number of hydroxylamine groups is 1. The second-order valence-corrected chi connectivity index (χ2v) is 6.24. The summed E-state index contributed by atoms with van der Waals surface area (Å²) in [5, 5.41) is 12.4. The Hall–Kier alpha value is -0.820. The average Bonchev–Trinajstić information content (AvgIpc) is 3.04. The molecule has 1 heterocycles. The first kappa shape index (κ1) is 14.6. The van der Waals surface area contributed by atoms with Crippen LogP contribution in [0.1, 0.15) is 36.7 Å². The molecule has 106 valence electrons. The van der Waals surface area contributed by atoms with Crippen molar-refractivity contribution in [3.63, 3.8) is 0 Å². The highest BCUT2D eigenvalue weighted by Crippen LogP contribution is 2.26. The Bertz CT molecular complexity index is 421. The molecule has 19 heavy (non-hydrogen) atoms. The molecule has 7 heteroatoms. The lowest BCUT2D eigenvalue weighted by atomic mass is 10.3. The molecule has 0 saturated heterocycles. The lowest BCUT2D eigenvalue weighted by Gasteiger charge is -2.13. The first-order chi connectivity index (χ1) is 9.15. The van der Waals surface area contributed by atoms with E-state index in [1.165, 1.54) is 11.3 Å². The third-order valence-corrected chi connectivity index (χ3v) is 4.33. The number of carbonyl (C=O) groups excluding carboxylic acids is 1. The molecule has 2 rings (SSSR count). The van der Waals surface area contributed by atoms with Crippen LogP contribution in [0.2, 0.25) is 4.34 Å². The number of urea groups is 1. The number of rotatable bonds is 5. The minimum Gasteiger partial charge on any atom is -0.386 e. The molecule has 2 amide bonds. The van der Waals surface area contributed by atoms with Crippen LogP contribution in [0.3, 0.4) is 0 Å². The van der Waals surface area contributed by atoms with Gasteiger partial charge in [-0.05, 0) is 25.0 Å². The van der Waals surface area contributed by atoms with Gasteiger partial charge in [0.1, 0.15) is 6.10 Å². The molecule has 1 atom stereocenters. The number of nitrogens with one attached hydrogen (secondary N) is 2. The van der Waals surface area contributed by atoms with Gasteiger partial charge in [0.05, 0.1) is 17.0 Å². The fraction of sp³-hybridized carbons (Fsp3) is 0.583. The van der Waals surface area contributed by atoms with E-state index in [0.29, 0.717) is 4.34 Å². The standard InChI is InChI=1S/C12H17ClN2O3S/c13-11-6-5-10(19-11)9(16)7-14-12(17)15-18-8-3-1-2-4-8/h5-6,8-9,16H,1-4,7H2,(H2,14,15,17). The Morgan fingerprint density at radius 1 is 1.53 bits per heavy atom. The number of aliphatic hydroxyl groups is 1. The van der Waals surface area contributed by atoms with E-state index in [1.54, 1.807) is 12.1 Å². The third kappa shape index (κ3) is 4.65. The molecule has 0 radical (unpaired) electrons. The Labute approximate surface area is 120 Å². The van der Waals surface area contributed by atoms with Crippen molar-refractivity contribution in [1.29, 1.82) is 0 Å². The summed E-state index contributed by atoms with van der Waals surface area (Å²) in [5.41, 5.74) is 2.35. The van der Waals surface area contributed by atoms with E-state index in [4.69, 9.17) is 16.4 Å². The molecule has 1 aliphatic rings. The summed E-state index contributed by atoms with van der Waals surface area (Å²) in [4.78, 5) is 17.4. The Kier molecular flexibility index (Phi) is 5.45. The van der Waals surface area contributed by atoms with Gasteiger partial charge in [-0.15, -0.1) is 11.3 Å². The number of thiophene rings is 1. The van der Waals surface area contributed by atoms with Crippen molar-refractivity contribution in [1.82, 2.24) is 10.8 Å². The fourth-order valence-corrected chi connectivity index (χ4v) is 3.02. The van der Waals surface area contributed by atoms with E-state index in [-0.39, 0.29) is 12.6 Å². The number of carbonyl (C=O) groups is 1. The molecule has 1 aromatic rings. The maximum Gasteiger partial charge on any atom is 0.338 e. The van der Waals surface area contributed by atoms with E-state index < -0.39 is 12.1 Å². The van der Waals surface area contributed by atoms with Gasteiger partial charge in [-0.2, -0.15) is 0 Å². The molecule has 1 unspecified atom stereocenters. The summed E-state index contributed by atoms with van der Waals surface area (Å²) in [6, 6.07) is 3.02. The molecule has 0 aromatic carbocycles. The van der Waals surface area contributed by atoms with Crippen LogP contribution < -0.4 is 10.8 Å². The van der Waals surface area contributed by atoms with Crippen LogP contribution in [0.25, 0.3) is 0 Å². The summed E-state index contributed by atoms with van der Waals surface area (Å²) in [6.45, 7) is 0.122. The molecule has 1 saturated carbocycles. The van der Waals surface area contributed by atoms with Gasteiger partial charge >= 0.3 is 6.03 Å². The van der Waals surface area contributed by atoms with Crippen LogP contribution in [0, 0.1) is 0 Å². The fourth-order valence-electron chi connectivity index (χ4n) is 1.98. The SMILES string of the molecule is O=C(NCC(O)c1ccc(Cl)s1)NOC1CCCC1. The molecule has 0 bridgehead atoms. The predicted octanol–water partition coefficient (Wildman–Crippen LogP) is 2.61. The van der Waals surface area contributed by atoms with E-state index in [0.717, 1.165) is 30.6 Å². The highest BCUT2D eigenvalue weighted by Gasteiger charge is 2.17. The van der Waals surface area contributed by atoms with E-state index in [1.807, 2.05) is 0 Å². The molecular formula is C12H17ClN2O3S. The zero-order valence-electron chi connectivity index (χ0n) is 10.4. The Morgan fingerprint density at radius 2 is 2.26 bits per heavy atom. The average molecular weight is 305 g/mol. The number of hydrogen-bond acceptors (Lipinski definition) is 4. The molecule has 0 aliphatic heterocycles. The second kappa shape index (κ2) is 7.09. The molecule has 1 fully saturated rings. The largest absolute Gasteiger partial charge is 0.386 e. The highest BCUT2D eigenvalue weighted by atomic mass is 35.5. The second-order valence-electron chi connectivity index (χ2n) is 4.49. The first-order valence-corrected chi connectivity index (χ1v) is 7.47. The van der Waals surface area contributed by atoms with E-state index in [9.17, 15) is 9.90 Å². The molecule has 1 aliphatic carbocycles. The van der Waals surface area contributed by atoms with Crippen LogP contribution in [0.15, 0.2) is 12.1 Å². The summed E-state index contributed by atoms with van der Waals surface area (Å²) >= 11 is 7.07.